The summed E-state index contributed by atoms with van der Waals surface area (Å²) < 4.78 is 5.71. The second-order valence-corrected chi connectivity index (χ2v) is 4.83. The normalized spacial score (nSPS) is 26.0. The van der Waals surface area contributed by atoms with Crippen LogP contribution in [0, 0.1) is 5.92 Å². The number of ether oxygens (including phenoxy) is 1. The Morgan fingerprint density at radius 3 is 2.67 bits per heavy atom. The molecule has 80 valence electrons. The molecule has 0 saturated heterocycles. The molecule has 1 saturated carbocycles. The lowest BCUT2D eigenvalue weighted by Crippen LogP contribution is -2.19. The molecule has 1 aliphatic heterocycles. The average Bonchev–Trinajstić information content (AvgIpc) is 2.82. The summed E-state index contributed by atoms with van der Waals surface area (Å²) in [5, 5.41) is 0. The fourth-order valence-electron chi connectivity index (χ4n) is 3.22. The molecule has 1 heteroatoms. The standard InChI is InChI=1S/C14H18O/c1-2-6-11(5-1)12-9-10-15-14-8-4-3-7-13(12)14/h3-4,7-8,11-12H,1-2,5-6,9-10H2. The molecule has 3 rings (SSSR count). The molecule has 1 nitrogen and oxygen atoms in total. The van der Waals surface area contributed by atoms with E-state index in [-0.39, 0.29) is 0 Å². The van der Waals surface area contributed by atoms with Crippen LogP contribution in [0.1, 0.15) is 43.6 Å². The fraction of sp³-hybridized carbons (Fsp3) is 0.571. The second kappa shape index (κ2) is 3.88. The van der Waals surface area contributed by atoms with E-state index in [0.717, 1.165) is 24.2 Å². The molecule has 2 aliphatic rings. The van der Waals surface area contributed by atoms with Crippen LogP contribution in [0.15, 0.2) is 24.3 Å². The highest BCUT2D eigenvalue weighted by atomic mass is 16.5. The van der Waals surface area contributed by atoms with Crippen molar-refractivity contribution in [3.05, 3.63) is 29.8 Å². The van der Waals surface area contributed by atoms with Gasteiger partial charge in [0.15, 0.2) is 0 Å². The van der Waals surface area contributed by atoms with E-state index in [1.165, 1.54) is 37.7 Å². The van der Waals surface area contributed by atoms with Crippen LogP contribution in [-0.4, -0.2) is 6.61 Å². The first-order valence-corrected chi connectivity index (χ1v) is 6.17. The maximum atomic E-state index is 5.71. The number of para-hydroxylation sites is 1. The van der Waals surface area contributed by atoms with Crippen LogP contribution in [0.3, 0.4) is 0 Å². The highest BCUT2D eigenvalue weighted by Crippen LogP contribution is 2.44. The van der Waals surface area contributed by atoms with Crippen molar-refractivity contribution in [3.8, 4) is 5.75 Å². The minimum Gasteiger partial charge on any atom is -0.493 e. The number of benzene rings is 1. The summed E-state index contributed by atoms with van der Waals surface area (Å²) in [6.07, 6.45) is 6.95. The van der Waals surface area contributed by atoms with Gasteiger partial charge in [0.05, 0.1) is 6.61 Å². The van der Waals surface area contributed by atoms with Gasteiger partial charge in [-0.1, -0.05) is 31.0 Å². The van der Waals surface area contributed by atoms with Gasteiger partial charge < -0.3 is 4.74 Å². The van der Waals surface area contributed by atoms with E-state index in [1.54, 1.807) is 0 Å². The van der Waals surface area contributed by atoms with Gasteiger partial charge in [0.2, 0.25) is 0 Å². The summed E-state index contributed by atoms with van der Waals surface area (Å²) >= 11 is 0. The zero-order valence-corrected chi connectivity index (χ0v) is 9.11. The second-order valence-electron chi connectivity index (χ2n) is 4.83. The smallest absolute Gasteiger partial charge is 0.122 e. The molecule has 0 radical (unpaired) electrons. The zero-order valence-electron chi connectivity index (χ0n) is 9.11. The third kappa shape index (κ3) is 1.64. The SMILES string of the molecule is c1ccc2c(c1)OCCC2C1CCCC1. The Morgan fingerprint density at radius 1 is 1.00 bits per heavy atom. The van der Waals surface area contributed by atoms with Crippen LogP contribution < -0.4 is 4.74 Å². The van der Waals surface area contributed by atoms with E-state index in [2.05, 4.69) is 24.3 Å². The third-order valence-electron chi connectivity index (χ3n) is 3.97. The molecule has 1 aromatic rings. The average molecular weight is 202 g/mol. The molecule has 1 aliphatic carbocycles. The van der Waals surface area contributed by atoms with E-state index in [4.69, 9.17) is 4.74 Å². The Kier molecular flexibility index (Phi) is 2.40. The maximum Gasteiger partial charge on any atom is 0.122 e. The first-order valence-electron chi connectivity index (χ1n) is 6.17. The van der Waals surface area contributed by atoms with Crippen LogP contribution in [0.2, 0.25) is 0 Å². The predicted molar refractivity (Wildman–Crippen MR) is 61.3 cm³/mol. The van der Waals surface area contributed by atoms with Gasteiger partial charge in [-0.25, -0.2) is 0 Å². The Hall–Kier alpha value is -0.980. The van der Waals surface area contributed by atoms with E-state index >= 15 is 0 Å². The summed E-state index contributed by atoms with van der Waals surface area (Å²) in [4.78, 5) is 0. The number of hydrogen-bond donors (Lipinski definition) is 0. The van der Waals surface area contributed by atoms with Crippen molar-refractivity contribution in [1.29, 1.82) is 0 Å². The first-order chi connectivity index (χ1) is 7.45. The van der Waals surface area contributed by atoms with E-state index in [9.17, 15) is 0 Å². The van der Waals surface area contributed by atoms with E-state index in [0.29, 0.717) is 0 Å². The van der Waals surface area contributed by atoms with Gasteiger partial charge in [-0.2, -0.15) is 0 Å². The van der Waals surface area contributed by atoms with Crippen molar-refractivity contribution >= 4 is 0 Å². The lowest BCUT2D eigenvalue weighted by atomic mass is 9.81. The van der Waals surface area contributed by atoms with E-state index in [1.807, 2.05) is 0 Å². The molecular weight excluding hydrogens is 184 g/mol. The Bertz CT molecular complexity index is 339. The molecule has 0 bridgehead atoms. The molecule has 1 heterocycles. The zero-order chi connectivity index (χ0) is 10.1. The minimum atomic E-state index is 0.775. The minimum absolute atomic E-state index is 0.775. The quantitative estimate of drug-likeness (QED) is 0.674. The molecule has 1 unspecified atom stereocenters. The summed E-state index contributed by atoms with van der Waals surface area (Å²) in [7, 11) is 0. The lowest BCUT2D eigenvalue weighted by Gasteiger charge is -2.30. The van der Waals surface area contributed by atoms with Gasteiger partial charge >= 0.3 is 0 Å². The van der Waals surface area contributed by atoms with Gasteiger partial charge in [-0.05, 0) is 42.7 Å². The van der Waals surface area contributed by atoms with Gasteiger partial charge in [0.25, 0.3) is 0 Å². The predicted octanol–water partition coefficient (Wildman–Crippen LogP) is 3.74. The summed E-state index contributed by atoms with van der Waals surface area (Å²) in [6.45, 7) is 0.915. The summed E-state index contributed by atoms with van der Waals surface area (Å²) in [5.41, 5.74) is 1.47. The van der Waals surface area contributed by atoms with Gasteiger partial charge in [0.1, 0.15) is 5.75 Å². The molecule has 0 spiro atoms. The van der Waals surface area contributed by atoms with Gasteiger partial charge in [-0.3, -0.25) is 0 Å². The largest absolute Gasteiger partial charge is 0.493 e. The van der Waals surface area contributed by atoms with Crippen LogP contribution in [0.5, 0.6) is 5.75 Å². The van der Waals surface area contributed by atoms with Crippen molar-refractivity contribution < 1.29 is 4.74 Å². The highest BCUT2D eigenvalue weighted by molar-refractivity contribution is 5.38. The van der Waals surface area contributed by atoms with Crippen LogP contribution in [0.4, 0.5) is 0 Å². The summed E-state index contributed by atoms with van der Waals surface area (Å²) in [6, 6.07) is 8.61. The Labute approximate surface area is 91.5 Å². The Morgan fingerprint density at radius 2 is 1.80 bits per heavy atom. The Balaban J connectivity index is 1.91. The topological polar surface area (TPSA) is 9.23 Å². The van der Waals surface area contributed by atoms with Crippen molar-refractivity contribution in [2.45, 2.75) is 38.0 Å². The molecule has 0 aromatic heterocycles. The van der Waals surface area contributed by atoms with Gasteiger partial charge in [-0.15, -0.1) is 0 Å². The van der Waals surface area contributed by atoms with Crippen LogP contribution in [-0.2, 0) is 0 Å². The molecule has 0 N–H and O–H groups in total. The van der Waals surface area contributed by atoms with Crippen molar-refractivity contribution in [1.82, 2.24) is 0 Å². The molecule has 0 amide bonds. The van der Waals surface area contributed by atoms with Crippen molar-refractivity contribution in [2.24, 2.45) is 5.92 Å². The molecular formula is C14H18O. The number of rotatable bonds is 1. The first kappa shape index (κ1) is 9.26. The van der Waals surface area contributed by atoms with Gasteiger partial charge in [0, 0.05) is 0 Å². The molecule has 1 fully saturated rings. The van der Waals surface area contributed by atoms with Crippen molar-refractivity contribution in [2.75, 3.05) is 6.61 Å². The molecule has 1 atom stereocenters. The monoisotopic (exact) mass is 202 g/mol. The molecule has 1 aromatic carbocycles. The van der Waals surface area contributed by atoms with Crippen LogP contribution >= 0.6 is 0 Å². The fourth-order valence-corrected chi connectivity index (χ4v) is 3.22. The van der Waals surface area contributed by atoms with Crippen LogP contribution in [0.25, 0.3) is 0 Å². The molecule has 15 heavy (non-hydrogen) atoms. The lowest BCUT2D eigenvalue weighted by molar-refractivity contribution is 0.238. The third-order valence-corrected chi connectivity index (χ3v) is 3.97. The summed E-state index contributed by atoms with van der Waals surface area (Å²) in [5.74, 6) is 2.84. The maximum absolute atomic E-state index is 5.71. The number of hydrogen-bond acceptors (Lipinski definition) is 1. The number of fused-ring (bicyclic) bond motifs is 1. The van der Waals surface area contributed by atoms with Crippen molar-refractivity contribution in [3.63, 3.8) is 0 Å². The van der Waals surface area contributed by atoms with E-state index < -0.39 is 0 Å². The highest BCUT2D eigenvalue weighted by Gasteiger charge is 2.30.